The molecule has 1 aliphatic carbocycles. The van der Waals surface area contributed by atoms with Gasteiger partial charge in [-0.2, -0.15) is 18.3 Å². The third-order valence-electron chi connectivity index (χ3n) is 7.04. The Morgan fingerprint density at radius 1 is 1.11 bits per heavy atom. The lowest BCUT2D eigenvalue weighted by atomic mass is 10.0. The molecule has 7 rings (SSSR count). The normalized spacial score (nSPS) is 17.1. The van der Waals surface area contributed by atoms with Crippen molar-refractivity contribution in [3.63, 3.8) is 0 Å². The standard InChI is InChI=1S/C26H20F3N7O2/c27-26(28,29)15-2-5-18-22(12-38-23(18)8-15)36(17-9-32-35(11-17)16-3-4-16)25(37)14-1-6-19-20(7-14)34-13-31-10-21(34)24(30)33-19/h1-2,5-11,13,16,22H,3-4,12H2,(H2,30,33)/t22-/m1/s1. The third-order valence-corrected chi connectivity index (χ3v) is 7.04. The molecule has 0 saturated heterocycles. The number of nitrogens with two attached hydrogens (primary N) is 1. The summed E-state index contributed by atoms with van der Waals surface area (Å²) in [5, 5.41) is 4.44. The minimum atomic E-state index is -4.50. The molecule has 0 bridgehead atoms. The van der Waals surface area contributed by atoms with Crippen LogP contribution in [0.1, 0.15) is 46.4 Å². The highest BCUT2D eigenvalue weighted by Gasteiger charge is 2.38. The zero-order valence-corrected chi connectivity index (χ0v) is 19.8. The number of anilines is 2. The van der Waals surface area contributed by atoms with E-state index in [0.717, 1.165) is 25.0 Å². The van der Waals surface area contributed by atoms with Gasteiger partial charge in [0.1, 0.15) is 23.7 Å². The monoisotopic (exact) mass is 519 g/mol. The maximum Gasteiger partial charge on any atom is 0.416 e. The van der Waals surface area contributed by atoms with Gasteiger partial charge in [-0.3, -0.25) is 18.8 Å². The van der Waals surface area contributed by atoms with E-state index in [9.17, 15) is 18.0 Å². The molecule has 1 fully saturated rings. The van der Waals surface area contributed by atoms with Crippen LogP contribution in [0.15, 0.2) is 61.3 Å². The Morgan fingerprint density at radius 2 is 1.95 bits per heavy atom. The van der Waals surface area contributed by atoms with Crippen molar-refractivity contribution in [2.75, 3.05) is 17.2 Å². The average Bonchev–Trinajstić information content (AvgIpc) is 3.28. The minimum Gasteiger partial charge on any atom is -0.491 e. The summed E-state index contributed by atoms with van der Waals surface area (Å²) >= 11 is 0. The van der Waals surface area contributed by atoms with Crippen molar-refractivity contribution in [3.8, 4) is 5.75 Å². The Bertz CT molecular complexity index is 1740. The second-order valence-electron chi connectivity index (χ2n) is 9.51. The number of nitrogen functional groups attached to an aromatic ring is 1. The van der Waals surface area contributed by atoms with Crippen LogP contribution in [0.25, 0.3) is 16.6 Å². The molecule has 12 heteroatoms. The number of alkyl halides is 3. The number of carbonyl (C=O) groups excluding carboxylic acids is 1. The van der Waals surface area contributed by atoms with Gasteiger partial charge in [-0.1, -0.05) is 6.07 Å². The summed E-state index contributed by atoms with van der Waals surface area (Å²) in [4.78, 5) is 24.2. The van der Waals surface area contributed by atoms with Crippen molar-refractivity contribution in [2.24, 2.45) is 0 Å². The first kappa shape index (κ1) is 22.6. The second kappa shape index (κ2) is 7.94. The Labute approximate surface area is 213 Å². The van der Waals surface area contributed by atoms with Crippen molar-refractivity contribution in [2.45, 2.75) is 31.1 Å². The van der Waals surface area contributed by atoms with Crippen molar-refractivity contribution >= 4 is 34.0 Å². The Balaban J connectivity index is 1.34. The summed E-state index contributed by atoms with van der Waals surface area (Å²) in [7, 11) is 0. The number of carbonyl (C=O) groups is 1. The summed E-state index contributed by atoms with van der Waals surface area (Å²) in [6, 6.07) is 8.08. The quantitative estimate of drug-likeness (QED) is 0.366. The van der Waals surface area contributed by atoms with Crippen LogP contribution >= 0.6 is 0 Å². The summed E-state index contributed by atoms with van der Waals surface area (Å²) in [5.41, 5.74) is 8.48. The van der Waals surface area contributed by atoms with Gasteiger partial charge >= 0.3 is 6.18 Å². The van der Waals surface area contributed by atoms with Crippen molar-refractivity contribution < 1.29 is 22.7 Å². The molecule has 1 saturated carbocycles. The highest BCUT2D eigenvalue weighted by Crippen LogP contribution is 2.43. The number of benzene rings is 2. The number of ether oxygens (including phenoxy) is 1. The van der Waals surface area contributed by atoms with Crippen molar-refractivity contribution in [3.05, 3.63) is 78.0 Å². The van der Waals surface area contributed by atoms with Crippen molar-refractivity contribution in [1.29, 1.82) is 0 Å². The third kappa shape index (κ3) is 3.55. The minimum absolute atomic E-state index is 0.00836. The van der Waals surface area contributed by atoms with E-state index >= 15 is 0 Å². The van der Waals surface area contributed by atoms with Gasteiger partial charge in [0, 0.05) is 17.3 Å². The molecule has 1 aliphatic heterocycles. The Hall–Kier alpha value is -4.61. The number of imidazole rings is 1. The Kier molecular flexibility index (Phi) is 4.72. The molecule has 3 aromatic heterocycles. The van der Waals surface area contributed by atoms with Gasteiger partial charge in [-0.15, -0.1) is 0 Å². The molecule has 0 radical (unpaired) electrons. The van der Waals surface area contributed by atoms with Gasteiger partial charge in [0.05, 0.1) is 53.1 Å². The van der Waals surface area contributed by atoms with Crippen molar-refractivity contribution in [1.82, 2.24) is 24.1 Å². The van der Waals surface area contributed by atoms with Gasteiger partial charge in [0.15, 0.2) is 0 Å². The highest BCUT2D eigenvalue weighted by molar-refractivity contribution is 6.08. The number of nitrogens with zero attached hydrogens (tertiary/aromatic N) is 6. The van der Waals surface area contributed by atoms with Crippen LogP contribution < -0.4 is 15.4 Å². The van der Waals surface area contributed by atoms with Gasteiger partial charge in [-0.25, -0.2) is 9.97 Å². The van der Waals surface area contributed by atoms with Crippen LogP contribution in [0.3, 0.4) is 0 Å². The molecule has 2 aromatic carbocycles. The van der Waals surface area contributed by atoms with Gasteiger partial charge in [0.2, 0.25) is 0 Å². The maximum absolute atomic E-state index is 14.1. The molecule has 9 nitrogen and oxygen atoms in total. The molecule has 192 valence electrons. The number of rotatable bonds is 4. The molecule has 2 aliphatic rings. The number of amides is 1. The molecule has 4 heterocycles. The zero-order chi connectivity index (χ0) is 26.2. The molecule has 0 unspecified atom stereocenters. The maximum atomic E-state index is 14.1. The fourth-order valence-corrected chi connectivity index (χ4v) is 4.96. The van der Waals surface area contributed by atoms with E-state index in [2.05, 4.69) is 15.1 Å². The van der Waals surface area contributed by atoms with E-state index < -0.39 is 17.8 Å². The van der Waals surface area contributed by atoms with E-state index in [4.69, 9.17) is 10.5 Å². The predicted octanol–water partition coefficient (Wildman–Crippen LogP) is 4.80. The lowest BCUT2D eigenvalue weighted by Gasteiger charge is -2.27. The highest BCUT2D eigenvalue weighted by atomic mass is 19.4. The van der Waals surface area contributed by atoms with E-state index in [1.807, 2.05) is 4.68 Å². The molecule has 2 N–H and O–H groups in total. The van der Waals surface area contributed by atoms with Crippen LogP contribution in [-0.2, 0) is 6.18 Å². The first-order chi connectivity index (χ1) is 18.3. The first-order valence-electron chi connectivity index (χ1n) is 12.0. The Morgan fingerprint density at radius 3 is 2.74 bits per heavy atom. The molecule has 1 amide bonds. The van der Waals surface area contributed by atoms with Gasteiger partial charge in [0.25, 0.3) is 5.91 Å². The number of hydrogen-bond donors (Lipinski definition) is 1. The van der Waals surface area contributed by atoms with Crippen LogP contribution in [0.2, 0.25) is 0 Å². The smallest absolute Gasteiger partial charge is 0.416 e. The summed E-state index contributed by atoms with van der Waals surface area (Å²) in [6.07, 6.45) is 4.11. The predicted molar refractivity (Wildman–Crippen MR) is 132 cm³/mol. The molecular formula is C26H20F3N7O2. The topological polar surface area (TPSA) is 104 Å². The van der Waals surface area contributed by atoms with Gasteiger partial charge in [-0.05, 0) is 43.2 Å². The number of fused-ring (bicyclic) bond motifs is 4. The first-order valence-corrected chi connectivity index (χ1v) is 12.0. The fraction of sp³-hybridized carbons (Fsp3) is 0.231. The summed E-state index contributed by atoms with van der Waals surface area (Å²) < 4.78 is 49.2. The number of aromatic nitrogens is 5. The molecular weight excluding hydrogens is 499 g/mol. The largest absolute Gasteiger partial charge is 0.491 e. The van der Waals surface area contributed by atoms with E-state index in [-0.39, 0.29) is 24.3 Å². The van der Waals surface area contributed by atoms with E-state index in [1.165, 1.54) is 6.07 Å². The number of hydrogen-bond acceptors (Lipinski definition) is 6. The van der Waals surface area contributed by atoms with E-state index in [1.54, 1.807) is 52.4 Å². The second-order valence-corrected chi connectivity index (χ2v) is 9.51. The van der Waals surface area contributed by atoms with E-state index in [0.29, 0.717) is 39.2 Å². The van der Waals surface area contributed by atoms with Crippen LogP contribution in [0.4, 0.5) is 24.7 Å². The SMILES string of the molecule is Nc1nc2ccc(C(=O)N(c3cnn(C4CC4)c3)[C@@H]3COc4cc(C(F)(F)F)ccc43)cc2n2cncc12. The lowest BCUT2D eigenvalue weighted by Crippen LogP contribution is -2.35. The van der Waals surface area contributed by atoms with Crippen LogP contribution in [-0.4, -0.2) is 36.7 Å². The molecule has 38 heavy (non-hydrogen) atoms. The van der Waals surface area contributed by atoms with Crippen LogP contribution in [0, 0.1) is 0 Å². The zero-order valence-electron chi connectivity index (χ0n) is 19.8. The van der Waals surface area contributed by atoms with Crippen LogP contribution in [0.5, 0.6) is 5.75 Å². The van der Waals surface area contributed by atoms with Gasteiger partial charge < -0.3 is 10.5 Å². The number of halogens is 3. The average molecular weight is 519 g/mol. The lowest BCUT2D eigenvalue weighted by molar-refractivity contribution is -0.137. The molecule has 1 atom stereocenters. The summed E-state index contributed by atoms with van der Waals surface area (Å²) in [6.45, 7) is 0.00836. The molecule has 0 spiro atoms. The fourth-order valence-electron chi connectivity index (χ4n) is 4.96. The summed E-state index contributed by atoms with van der Waals surface area (Å²) in [5.74, 6) is 0.0744. The molecule has 5 aromatic rings.